The molecule has 1 saturated heterocycles. The zero-order valence-electron chi connectivity index (χ0n) is 11.4. The van der Waals surface area contributed by atoms with Crippen molar-refractivity contribution >= 4 is 5.69 Å². The molecule has 1 aromatic rings. The first-order valence-corrected chi connectivity index (χ1v) is 6.66. The Kier molecular flexibility index (Phi) is 3.48. The van der Waals surface area contributed by atoms with Crippen molar-refractivity contribution < 1.29 is 14.2 Å². The lowest BCUT2D eigenvalue weighted by Gasteiger charge is -2.30. The summed E-state index contributed by atoms with van der Waals surface area (Å²) in [6, 6.07) is 4.48. The molecule has 0 spiro atoms. The number of hydrogen-bond donors (Lipinski definition) is 1. The van der Waals surface area contributed by atoms with E-state index < -0.39 is 0 Å². The topological polar surface area (TPSA) is 43.0 Å². The number of hydrogen-bond acceptors (Lipinski definition) is 5. The molecular weight excluding hydrogens is 244 g/mol. The highest BCUT2D eigenvalue weighted by atomic mass is 16.7. The summed E-state index contributed by atoms with van der Waals surface area (Å²) >= 11 is 0. The van der Waals surface area contributed by atoms with Gasteiger partial charge in [0.25, 0.3) is 0 Å². The van der Waals surface area contributed by atoms with Gasteiger partial charge in [0.2, 0.25) is 6.79 Å². The zero-order valence-corrected chi connectivity index (χ0v) is 11.4. The molecule has 1 atom stereocenters. The molecule has 0 amide bonds. The summed E-state index contributed by atoms with van der Waals surface area (Å²) in [7, 11) is 2.10. The van der Waals surface area contributed by atoms with Gasteiger partial charge in [0.15, 0.2) is 11.5 Å². The number of benzene rings is 1. The van der Waals surface area contributed by atoms with Crippen LogP contribution in [-0.2, 0) is 4.74 Å². The van der Waals surface area contributed by atoms with Gasteiger partial charge in [0.05, 0.1) is 13.2 Å². The largest absolute Gasteiger partial charge is 0.454 e. The van der Waals surface area contributed by atoms with Gasteiger partial charge in [-0.1, -0.05) is 0 Å². The van der Waals surface area contributed by atoms with E-state index in [1.54, 1.807) is 0 Å². The number of nitrogens with zero attached hydrogens (tertiary/aromatic N) is 1. The molecule has 5 nitrogen and oxygen atoms in total. The Balaban J connectivity index is 1.73. The SMILES string of the molecule is Cc1cc2c(cc1N(C)CC1COCCN1)OCO2. The molecule has 0 radical (unpaired) electrons. The number of rotatable bonds is 3. The predicted molar refractivity (Wildman–Crippen MR) is 73.2 cm³/mol. The minimum atomic E-state index is 0.319. The summed E-state index contributed by atoms with van der Waals surface area (Å²) in [5.74, 6) is 1.68. The molecule has 0 saturated carbocycles. The zero-order chi connectivity index (χ0) is 13.2. The average Bonchev–Trinajstić information content (AvgIpc) is 2.86. The molecule has 2 aliphatic rings. The second kappa shape index (κ2) is 5.27. The van der Waals surface area contributed by atoms with Crippen molar-refractivity contribution in [2.75, 3.05) is 45.0 Å². The van der Waals surface area contributed by atoms with E-state index in [1.165, 1.54) is 11.3 Å². The maximum atomic E-state index is 5.49. The van der Waals surface area contributed by atoms with Gasteiger partial charge in [-0.3, -0.25) is 0 Å². The van der Waals surface area contributed by atoms with Gasteiger partial charge in [-0.25, -0.2) is 0 Å². The summed E-state index contributed by atoms with van der Waals surface area (Å²) in [6.45, 7) is 5.84. The molecule has 0 aromatic heterocycles. The van der Waals surface area contributed by atoms with Crippen LogP contribution in [0.1, 0.15) is 5.56 Å². The van der Waals surface area contributed by atoms with Crippen molar-refractivity contribution in [1.29, 1.82) is 0 Å². The van der Waals surface area contributed by atoms with Crippen molar-refractivity contribution in [3.63, 3.8) is 0 Å². The van der Waals surface area contributed by atoms with Crippen LogP contribution in [0, 0.1) is 6.92 Å². The Morgan fingerprint density at radius 1 is 1.32 bits per heavy atom. The lowest BCUT2D eigenvalue weighted by Crippen LogP contribution is -2.47. The third-order valence-corrected chi connectivity index (χ3v) is 3.60. The van der Waals surface area contributed by atoms with Crippen LogP contribution in [-0.4, -0.2) is 46.2 Å². The Hall–Kier alpha value is -1.46. The highest BCUT2D eigenvalue weighted by Crippen LogP contribution is 2.37. The van der Waals surface area contributed by atoms with E-state index in [0.717, 1.165) is 37.8 Å². The second-order valence-corrected chi connectivity index (χ2v) is 5.10. The van der Waals surface area contributed by atoms with E-state index in [0.29, 0.717) is 12.8 Å². The van der Waals surface area contributed by atoms with Crippen molar-refractivity contribution in [1.82, 2.24) is 5.32 Å². The first-order chi connectivity index (χ1) is 9.24. The van der Waals surface area contributed by atoms with Crippen LogP contribution in [0.5, 0.6) is 11.5 Å². The Bertz CT molecular complexity index is 458. The molecule has 1 unspecified atom stereocenters. The first-order valence-electron chi connectivity index (χ1n) is 6.66. The summed E-state index contributed by atoms with van der Waals surface area (Å²) < 4.78 is 16.3. The van der Waals surface area contributed by atoms with E-state index in [-0.39, 0.29) is 0 Å². The molecular formula is C14H20N2O3. The molecule has 104 valence electrons. The molecule has 2 heterocycles. The van der Waals surface area contributed by atoms with Gasteiger partial charge in [-0.15, -0.1) is 0 Å². The van der Waals surface area contributed by atoms with Crippen molar-refractivity contribution in [2.45, 2.75) is 13.0 Å². The van der Waals surface area contributed by atoms with Crippen LogP contribution in [0.4, 0.5) is 5.69 Å². The Morgan fingerprint density at radius 3 is 2.84 bits per heavy atom. The summed E-state index contributed by atoms with van der Waals surface area (Å²) in [5, 5.41) is 3.47. The smallest absolute Gasteiger partial charge is 0.231 e. The number of ether oxygens (including phenoxy) is 3. The fourth-order valence-corrected chi connectivity index (χ4v) is 2.61. The first kappa shape index (κ1) is 12.6. The van der Waals surface area contributed by atoms with E-state index in [1.807, 2.05) is 6.07 Å². The van der Waals surface area contributed by atoms with Gasteiger partial charge >= 0.3 is 0 Å². The molecule has 0 aliphatic carbocycles. The van der Waals surface area contributed by atoms with Gasteiger partial charge in [0.1, 0.15) is 0 Å². The van der Waals surface area contributed by atoms with Crippen molar-refractivity contribution in [2.24, 2.45) is 0 Å². The van der Waals surface area contributed by atoms with Crippen LogP contribution in [0.3, 0.4) is 0 Å². The lowest BCUT2D eigenvalue weighted by molar-refractivity contribution is 0.0791. The van der Waals surface area contributed by atoms with E-state index in [2.05, 4.69) is 30.3 Å². The molecule has 19 heavy (non-hydrogen) atoms. The van der Waals surface area contributed by atoms with Crippen LogP contribution < -0.4 is 19.7 Å². The van der Waals surface area contributed by atoms with Crippen molar-refractivity contribution in [3.05, 3.63) is 17.7 Å². The average molecular weight is 264 g/mol. The number of anilines is 1. The normalized spacial score (nSPS) is 21.5. The van der Waals surface area contributed by atoms with Crippen LogP contribution in [0.2, 0.25) is 0 Å². The maximum Gasteiger partial charge on any atom is 0.231 e. The monoisotopic (exact) mass is 264 g/mol. The maximum absolute atomic E-state index is 5.49. The third kappa shape index (κ3) is 2.62. The molecule has 5 heteroatoms. The van der Waals surface area contributed by atoms with Crippen LogP contribution in [0.25, 0.3) is 0 Å². The van der Waals surface area contributed by atoms with Gasteiger partial charge in [-0.05, 0) is 18.6 Å². The number of fused-ring (bicyclic) bond motifs is 1. The minimum absolute atomic E-state index is 0.319. The summed E-state index contributed by atoms with van der Waals surface area (Å²) in [5.41, 5.74) is 2.38. The molecule has 1 fully saturated rings. The molecule has 1 aromatic carbocycles. The minimum Gasteiger partial charge on any atom is -0.454 e. The highest BCUT2D eigenvalue weighted by molar-refractivity contribution is 5.62. The third-order valence-electron chi connectivity index (χ3n) is 3.60. The van der Waals surface area contributed by atoms with Gasteiger partial charge in [0, 0.05) is 37.9 Å². The number of likely N-dealkylation sites (N-methyl/N-ethyl adjacent to an activating group) is 1. The van der Waals surface area contributed by atoms with E-state index in [4.69, 9.17) is 14.2 Å². The van der Waals surface area contributed by atoms with Crippen LogP contribution >= 0.6 is 0 Å². The Morgan fingerprint density at radius 2 is 2.11 bits per heavy atom. The number of aryl methyl sites for hydroxylation is 1. The van der Waals surface area contributed by atoms with Gasteiger partial charge in [-0.2, -0.15) is 0 Å². The van der Waals surface area contributed by atoms with Gasteiger partial charge < -0.3 is 24.4 Å². The summed E-state index contributed by atoms with van der Waals surface area (Å²) in [4.78, 5) is 2.24. The Labute approximate surface area is 113 Å². The molecule has 2 aliphatic heterocycles. The molecule has 1 N–H and O–H groups in total. The summed E-state index contributed by atoms with van der Waals surface area (Å²) in [6.07, 6.45) is 0. The lowest BCUT2D eigenvalue weighted by atomic mass is 10.1. The number of nitrogens with one attached hydrogen (secondary N) is 1. The molecule has 3 rings (SSSR count). The molecule has 0 bridgehead atoms. The van der Waals surface area contributed by atoms with E-state index in [9.17, 15) is 0 Å². The van der Waals surface area contributed by atoms with Crippen LogP contribution in [0.15, 0.2) is 12.1 Å². The van der Waals surface area contributed by atoms with Crippen molar-refractivity contribution in [3.8, 4) is 11.5 Å². The highest BCUT2D eigenvalue weighted by Gasteiger charge is 2.20. The quantitative estimate of drug-likeness (QED) is 0.887. The van der Waals surface area contributed by atoms with E-state index >= 15 is 0 Å². The number of morpholine rings is 1. The second-order valence-electron chi connectivity index (χ2n) is 5.10. The standard InChI is InChI=1S/C14H20N2O3/c1-10-5-13-14(19-9-18-13)6-12(10)16(2)7-11-8-17-4-3-15-11/h5-6,11,15H,3-4,7-9H2,1-2H3. The fraction of sp³-hybridized carbons (Fsp3) is 0.571. The predicted octanol–water partition coefficient (Wildman–Crippen LogP) is 1.15. The fourth-order valence-electron chi connectivity index (χ4n) is 2.61.